The predicted octanol–water partition coefficient (Wildman–Crippen LogP) is 4.12. The van der Waals surface area contributed by atoms with Crippen LogP contribution in [-0.2, 0) is 14.3 Å². The highest BCUT2D eigenvalue weighted by atomic mass is 19.4. The van der Waals surface area contributed by atoms with E-state index in [2.05, 4.69) is 27.2 Å². The maximum atomic E-state index is 13.1. The van der Waals surface area contributed by atoms with E-state index in [-0.39, 0.29) is 35.9 Å². The van der Waals surface area contributed by atoms with Crippen LogP contribution in [0.2, 0.25) is 0 Å². The minimum atomic E-state index is -4.66. The van der Waals surface area contributed by atoms with Crippen LogP contribution in [0.15, 0.2) is 24.3 Å². The van der Waals surface area contributed by atoms with Gasteiger partial charge in [-0.05, 0) is 44.1 Å². The van der Waals surface area contributed by atoms with Crippen molar-refractivity contribution in [3.8, 4) is 0 Å². The molecule has 194 valence electrons. The zero-order chi connectivity index (χ0) is 25.6. The molecule has 4 unspecified atom stereocenters. The molecule has 1 aliphatic heterocycles. The van der Waals surface area contributed by atoms with Gasteiger partial charge >= 0.3 is 6.36 Å². The molecule has 4 atom stereocenters. The maximum absolute atomic E-state index is 13.1. The molecule has 1 amide bonds. The Hall–Kier alpha value is -2.46. The van der Waals surface area contributed by atoms with Crippen molar-refractivity contribution in [2.75, 3.05) is 25.0 Å². The maximum Gasteiger partial charge on any atom is 0.522 e. The molecular weight excluding hydrogens is 461 g/mol. The molecule has 1 heterocycles. The van der Waals surface area contributed by atoms with Crippen molar-refractivity contribution in [1.29, 1.82) is 5.41 Å². The van der Waals surface area contributed by atoms with Crippen LogP contribution in [0.3, 0.4) is 0 Å². The van der Waals surface area contributed by atoms with E-state index >= 15 is 0 Å². The highest BCUT2D eigenvalue weighted by molar-refractivity contribution is 6.45. The molecule has 7 nitrogen and oxygen atoms in total. The Morgan fingerprint density at radius 1 is 1.20 bits per heavy atom. The lowest BCUT2D eigenvalue weighted by Gasteiger charge is -2.32. The number of benzene rings is 1. The average molecular weight is 497 g/mol. The molecule has 3 N–H and O–H groups in total. The van der Waals surface area contributed by atoms with Gasteiger partial charge in [0.05, 0.1) is 12.1 Å². The molecule has 1 aromatic carbocycles. The predicted molar refractivity (Wildman–Crippen MR) is 128 cm³/mol. The largest absolute Gasteiger partial charge is 0.522 e. The van der Waals surface area contributed by atoms with Gasteiger partial charge in [-0.1, -0.05) is 31.5 Å². The molecule has 0 aromatic heterocycles. The number of ether oxygens (including phenoxy) is 1. The fourth-order valence-electron chi connectivity index (χ4n) is 5.06. The third-order valence-electron chi connectivity index (χ3n) is 6.91. The fourth-order valence-corrected chi connectivity index (χ4v) is 5.06. The van der Waals surface area contributed by atoms with Gasteiger partial charge in [0.2, 0.25) is 5.91 Å². The van der Waals surface area contributed by atoms with E-state index in [0.717, 1.165) is 13.0 Å². The van der Waals surface area contributed by atoms with Crippen molar-refractivity contribution < 1.29 is 27.5 Å². The highest BCUT2D eigenvalue weighted by Gasteiger charge is 2.39. The number of halogens is 3. The first-order chi connectivity index (χ1) is 16.6. The fraction of sp³-hybridized carbons (Fsp3) is 0.640. The third kappa shape index (κ3) is 7.76. The van der Waals surface area contributed by atoms with Crippen molar-refractivity contribution in [2.24, 2.45) is 5.92 Å². The van der Waals surface area contributed by atoms with E-state index in [4.69, 9.17) is 5.41 Å². The first-order valence-electron chi connectivity index (χ1n) is 12.3. The molecule has 0 radical (unpaired) electrons. The first kappa shape index (κ1) is 27.1. The Bertz CT molecular complexity index is 908. The average Bonchev–Trinajstić information content (AvgIpc) is 3.21. The monoisotopic (exact) mass is 496 g/mol. The Balaban J connectivity index is 1.57. The smallest absolute Gasteiger partial charge is 0.383 e. The van der Waals surface area contributed by atoms with E-state index in [0.29, 0.717) is 55.9 Å². The van der Waals surface area contributed by atoms with Gasteiger partial charge in [-0.15, -0.1) is 13.2 Å². The quantitative estimate of drug-likeness (QED) is 0.424. The standard InChI is InChI=1S/C25H35F3N4O3/c1-3-17-13-22(24(34)31-18-7-6-8-19(14-18)35-25(26,27)28)32(15-17)12-11-30-21-10-5-4-9-20(21)23(29)16(2)33/h4-5,9-10,17-19,22,29-30H,3,6-8,11-15H2,1-2H3,(H,31,34). The molecule has 1 aliphatic carbocycles. The summed E-state index contributed by atoms with van der Waals surface area (Å²) in [5, 5.41) is 14.3. The zero-order valence-corrected chi connectivity index (χ0v) is 20.3. The van der Waals surface area contributed by atoms with Gasteiger partial charge in [0.1, 0.15) is 5.71 Å². The number of amides is 1. The summed E-state index contributed by atoms with van der Waals surface area (Å²) in [7, 11) is 0. The summed E-state index contributed by atoms with van der Waals surface area (Å²) >= 11 is 0. The zero-order valence-electron chi connectivity index (χ0n) is 20.3. The molecule has 10 heteroatoms. The van der Waals surface area contributed by atoms with E-state index in [1.54, 1.807) is 12.1 Å². The van der Waals surface area contributed by atoms with Gasteiger partial charge in [-0.25, -0.2) is 0 Å². The number of nitrogens with one attached hydrogen (secondary N) is 3. The van der Waals surface area contributed by atoms with Gasteiger partial charge in [0, 0.05) is 43.9 Å². The van der Waals surface area contributed by atoms with Crippen LogP contribution < -0.4 is 10.6 Å². The summed E-state index contributed by atoms with van der Waals surface area (Å²) in [6, 6.07) is 6.49. The Morgan fingerprint density at radius 3 is 2.63 bits per heavy atom. The summed E-state index contributed by atoms with van der Waals surface area (Å²) in [6.07, 6.45) is -2.20. The normalized spacial score (nSPS) is 25.3. The summed E-state index contributed by atoms with van der Waals surface area (Å²) in [6.45, 7) is 5.33. The van der Waals surface area contributed by atoms with Crippen LogP contribution >= 0.6 is 0 Å². The lowest BCUT2D eigenvalue weighted by molar-refractivity contribution is -0.345. The summed E-state index contributed by atoms with van der Waals surface area (Å²) in [4.78, 5) is 26.9. The minimum Gasteiger partial charge on any atom is -0.383 e. The SMILES string of the molecule is CCC1CC(C(=O)NC2CCCC(OC(F)(F)F)C2)N(CCNc2ccccc2C(=N)C(C)=O)C1. The number of nitrogens with zero attached hydrogens (tertiary/aromatic N) is 1. The second-order valence-electron chi connectivity index (χ2n) is 9.48. The number of hydrogen-bond acceptors (Lipinski definition) is 6. The molecule has 2 aliphatic rings. The van der Waals surface area contributed by atoms with Crippen molar-refractivity contribution in [3.05, 3.63) is 29.8 Å². The van der Waals surface area contributed by atoms with Crippen LogP contribution in [0.25, 0.3) is 0 Å². The van der Waals surface area contributed by atoms with Crippen LogP contribution in [0, 0.1) is 11.3 Å². The van der Waals surface area contributed by atoms with Crippen LogP contribution in [0.5, 0.6) is 0 Å². The summed E-state index contributed by atoms with van der Waals surface area (Å²) in [5.41, 5.74) is 1.17. The molecule has 2 fully saturated rings. The van der Waals surface area contributed by atoms with Crippen LogP contribution in [0.1, 0.15) is 57.9 Å². The number of rotatable bonds is 10. The Labute approximate surface area is 204 Å². The molecule has 3 rings (SSSR count). The van der Waals surface area contributed by atoms with E-state index < -0.39 is 12.5 Å². The minimum absolute atomic E-state index is 0.0575. The van der Waals surface area contributed by atoms with Gasteiger partial charge in [0.15, 0.2) is 5.78 Å². The molecule has 35 heavy (non-hydrogen) atoms. The number of carbonyl (C=O) groups is 2. The molecular formula is C25H35F3N4O3. The second-order valence-corrected chi connectivity index (χ2v) is 9.48. The number of likely N-dealkylation sites (tertiary alicyclic amines) is 1. The number of ketones is 1. The number of para-hydroxylation sites is 1. The summed E-state index contributed by atoms with van der Waals surface area (Å²) in [5.74, 6) is -0.0825. The highest BCUT2D eigenvalue weighted by Crippen LogP contribution is 2.30. The van der Waals surface area contributed by atoms with Gasteiger partial charge in [-0.2, -0.15) is 0 Å². The number of hydrogen-bond donors (Lipinski definition) is 3. The molecule has 1 saturated heterocycles. The first-order valence-corrected chi connectivity index (χ1v) is 12.3. The van der Waals surface area contributed by atoms with Gasteiger partial charge in [0.25, 0.3) is 0 Å². The second kappa shape index (κ2) is 12.0. The van der Waals surface area contributed by atoms with Crippen molar-refractivity contribution in [3.63, 3.8) is 0 Å². The van der Waals surface area contributed by atoms with E-state index in [1.165, 1.54) is 6.92 Å². The number of carbonyl (C=O) groups excluding carboxylic acids is 2. The van der Waals surface area contributed by atoms with Crippen molar-refractivity contribution >= 4 is 23.1 Å². The molecule has 1 saturated carbocycles. The lowest BCUT2D eigenvalue weighted by atomic mass is 9.92. The summed E-state index contributed by atoms with van der Waals surface area (Å²) < 4.78 is 42.0. The Kier molecular flexibility index (Phi) is 9.29. The third-order valence-corrected chi connectivity index (χ3v) is 6.91. The van der Waals surface area contributed by atoms with Crippen LogP contribution in [-0.4, -0.2) is 66.5 Å². The topological polar surface area (TPSA) is 94.5 Å². The number of alkyl halides is 3. The molecule has 1 aromatic rings. The van der Waals surface area contributed by atoms with E-state index in [9.17, 15) is 22.8 Å². The lowest BCUT2D eigenvalue weighted by Crippen LogP contribution is -2.49. The number of anilines is 1. The number of Topliss-reactive ketones (excluding diaryl/α,β-unsaturated/α-hetero) is 1. The molecule has 0 bridgehead atoms. The Morgan fingerprint density at radius 2 is 1.94 bits per heavy atom. The van der Waals surface area contributed by atoms with Gasteiger partial charge in [-0.3, -0.25) is 24.6 Å². The van der Waals surface area contributed by atoms with Gasteiger partial charge < -0.3 is 10.6 Å². The van der Waals surface area contributed by atoms with Crippen molar-refractivity contribution in [2.45, 2.75) is 76.9 Å². The van der Waals surface area contributed by atoms with Crippen LogP contribution in [0.4, 0.5) is 18.9 Å². The molecule has 0 spiro atoms. The van der Waals surface area contributed by atoms with Crippen molar-refractivity contribution in [1.82, 2.24) is 10.2 Å². The van der Waals surface area contributed by atoms with E-state index in [1.807, 2.05) is 12.1 Å².